The molecule has 8 heteroatoms. The lowest BCUT2D eigenvalue weighted by atomic mass is 10.2. The normalized spacial score (nSPS) is 11.8. The van der Waals surface area contributed by atoms with Crippen LogP contribution in [0.1, 0.15) is 23.7 Å². The number of nitrogens with one attached hydrogen (secondary N) is 1. The number of carboxylic acid groups (broad SMARTS) is 1. The highest BCUT2D eigenvalue weighted by atomic mass is 16.4. The fourth-order valence-corrected chi connectivity index (χ4v) is 1.56. The first kappa shape index (κ1) is 13.7. The molecular weight excluding hydrogens is 262 g/mol. The third-order valence-electron chi connectivity index (χ3n) is 2.68. The van der Waals surface area contributed by atoms with E-state index in [9.17, 15) is 9.59 Å². The molecule has 1 amide bonds. The summed E-state index contributed by atoms with van der Waals surface area (Å²) in [6, 6.07) is 2.25. The van der Waals surface area contributed by atoms with Crippen LogP contribution in [0.2, 0.25) is 0 Å². The lowest BCUT2D eigenvalue weighted by molar-refractivity contribution is -0.139. The number of carbonyl (C=O) groups excluding carboxylic acids is 1. The minimum absolute atomic E-state index is 0.286. The summed E-state index contributed by atoms with van der Waals surface area (Å²) in [6.45, 7) is 1.69. The van der Waals surface area contributed by atoms with Crippen molar-refractivity contribution in [1.29, 1.82) is 0 Å². The smallest absolute Gasteiger partial charge is 0.326 e. The van der Waals surface area contributed by atoms with Crippen molar-refractivity contribution in [2.45, 2.75) is 19.4 Å². The third-order valence-corrected chi connectivity index (χ3v) is 2.68. The molecule has 2 rings (SSSR count). The summed E-state index contributed by atoms with van der Waals surface area (Å²) in [5.41, 5.74) is 0.286. The number of nitrogens with zero attached hydrogens (tertiary/aromatic N) is 4. The Hall–Kier alpha value is -2.77. The molecular formula is C12H13N5O3. The number of rotatable bonds is 5. The van der Waals surface area contributed by atoms with Gasteiger partial charge in [-0.1, -0.05) is 6.92 Å². The topological polar surface area (TPSA) is 110 Å². The molecule has 104 valence electrons. The average Bonchev–Trinajstić information content (AvgIpc) is 2.98. The largest absolute Gasteiger partial charge is 0.480 e. The summed E-state index contributed by atoms with van der Waals surface area (Å²) >= 11 is 0. The highest BCUT2D eigenvalue weighted by molar-refractivity contribution is 5.96. The number of hydrogen-bond donors (Lipinski definition) is 2. The summed E-state index contributed by atoms with van der Waals surface area (Å²) in [5, 5.41) is 15.2. The Bertz CT molecular complexity index is 594. The van der Waals surface area contributed by atoms with Gasteiger partial charge >= 0.3 is 5.97 Å². The molecule has 0 aliphatic heterocycles. The quantitative estimate of drug-likeness (QED) is 0.809. The maximum absolute atomic E-state index is 11.9. The minimum atomic E-state index is -1.06. The number of aliphatic carboxylic acids is 1. The van der Waals surface area contributed by atoms with Gasteiger partial charge in [-0.2, -0.15) is 5.10 Å². The second-order valence-corrected chi connectivity index (χ2v) is 4.02. The maximum Gasteiger partial charge on any atom is 0.326 e. The Morgan fingerprint density at radius 2 is 2.25 bits per heavy atom. The van der Waals surface area contributed by atoms with Crippen molar-refractivity contribution in [3.8, 4) is 5.82 Å². The number of pyridine rings is 1. The van der Waals surface area contributed by atoms with Crippen molar-refractivity contribution in [3.63, 3.8) is 0 Å². The average molecular weight is 275 g/mol. The third kappa shape index (κ3) is 2.97. The zero-order chi connectivity index (χ0) is 14.5. The number of carbonyl (C=O) groups is 2. The van der Waals surface area contributed by atoms with Gasteiger partial charge in [-0.25, -0.2) is 19.4 Å². The van der Waals surface area contributed by atoms with E-state index in [2.05, 4.69) is 20.4 Å². The fraction of sp³-hybridized carbons (Fsp3) is 0.250. The first-order valence-electron chi connectivity index (χ1n) is 5.96. The first-order chi connectivity index (χ1) is 9.61. The first-order valence-corrected chi connectivity index (χ1v) is 5.96. The van der Waals surface area contributed by atoms with Crippen LogP contribution < -0.4 is 5.32 Å². The van der Waals surface area contributed by atoms with Crippen LogP contribution in [0.3, 0.4) is 0 Å². The summed E-state index contributed by atoms with van der Waals surface area (Å²) in [4.78, 5) is 30.6. The van der Waals surface area contributed by atoms with Crippen LogP contribution in [0.15, 0.2) is 31.0 Å². The van der Waals surface area contributed by atoms with Gasteiger partial charge in [-0.3, -0.25) is 4.79 Å². The lowest BCUT2D eigenvalue weighted by Crippen LogP contribution is -2.40. The van der Waals surface area contributed by atoms with E-state index in [1.54, 1.807) is 19.1 Å². The number of amides is 1. The van der Waals surface area contributed by atoms with Crippen molar-refractivity contribution in [3.05, 3.63) is 36.5 Å². The molecule has 0 radical (unpaired) electrons. The zero-order valence-electron chi connectivity index (χ0n) is 10.7. The van der Waals surface area contributed by atoms with Gasteiger partial charge in [0.15, 0.2) is 5.82 Å². The predicted octanol–water partition coefficient (Wildman–Crippen LogP) is 0.255. The zero-order valence-corrected chi connectivity index (χ0v) is 10.7. The molecule has 0 spiro atoms. The van der Waals surface area contributed by atoms with Crippen LogP contribution in [0.5, 0.6) is 0 Å². The Morgan fingerprint density at radius 3 is 2.75 bits per heavy atom. The summed E-state index contributed by atoms with van der Waals surface area (Å²) in [5.74, 6) is -1.02. The van der Waals surface area contributed by atoms with Gasteiger partial charge in [-0.15, -0.1) is 0 Å². The minimum Gasteiger partial charge on any atom is -0.480 e. The molecule has 0 aromatic carbocycles. The van der Waals surface area contributed by atoms with E-state index in [-0.39, 0.29) is 5.56 Å². The van der Waals surface area contributed by atoms with Gasteiger partial charge in [0, 0.05) is 6.20 Å². The molecule has 2 aromatic rings. The predicted molar refractivity (Wildman–Crippen MR) is 68.3 cm³/mol. The highest BCUT2D eigenvalue weighted by Crippen LogP contribution is 2.05. The van der Waals surface area contributed by atoms with Crippen LogP contribution >= 0.6 is 0 Å². The van der Waals surface area contributed by atoms with E-state index in [0.29, 0.717) is 12.2 Å². The van der Waals surface area contributed by atoms with E-state index in [1.165, 1.54) is 23.5 Å². The molecule has 0 aliphatic carbocycles. The van der Waals surface area contributed by atoms with Gasteiger partial charge < -0.3 is 10.4 Å². The maximum atomic E-state index is 11.9. The molecule has 1 atom stereocenters. The Labute approximate surface area is 114 Å². The molecule has 2 heterocycles. The number of aromatic nitrogens is 4. The van der Waals surface area contributed by atoms with Crippen LogP contribution in [0.4, 0.5) is 0 Å². The lowest BCUT2D eigenvalue weighted by Gasteiger charge is -2.12. The molecule has 0 saturated carbocycles. The molecule has 8 nitrogen and oxygen atoms in total. The molecule has 20 heavy (non-hydrogen) atoms. The molecule has 2 N–H and O–H groups in total. The van der Waals surface area contributed by atoms with Crippen LogP contribution in [-0.4, -0.2) is 42.8 Å². The van der Waals surface area contributed by atoms with E-state index < -0.39 is 17.9 Å². The number of carboxylic acids is 1. The Kier molecular flexibility index (Phi) is 4.04. The molecule has 0 saturated heterocycles. The van der Waals surface area contributed by atoms with Gasteiger partial charge in [0.25, 0.3) is 5.91 Å². The summed E-state index contributed by atoms with van der Waals surface area (Å²) in [7, 11) is 0. The molecule has 2 aromatic heterocycles. The van der Waals surface area contributed by atoms with Crippen molar-refractivity contribution >= 4 is 11.9 Å². The molecule has 0 unspecified atom stereocenters. The monoisotopic (exact) mass is 275 g/mol. The highest BCUT2D eigenvalue weighted by Gasteiger charge is 2.18. The van der Waals surface area contributed by atoms with E-state index >= 15 is 0 Å². The van der Waals surface area contributed by atoms with Crippen LogP contribution in [-0.2, 0) is 4.79 Å². The standard InChI is InChI=1S/C12H13N5O3/c1-2-9(12(19)20)16-11(18)8-3-4-10(14-5-8)17-7-13-6-15-17/h3-7,9H,2H2,1H3,(H,16,18)(H,19,20)/t9-/m0/s1. The van der Waals surface area contributed by atoms with Gasteiger partial charge in [0.1, 0.15) is 18.7 Å². The van der Waals surface area contributed by atoms with E-state index in [0.717, 1.165) is 0 Å². The number of hydrogen-bond acceptors (Lipinski definition) is 5. The van der Waals surface area contributed by atoms with Crippen LogP contribution in [0, 0.1) is 0 Å². The van der Waals surface area contributed by atoms with Gasteiger partial charge in [0.05, 0.1) is 5.56 Å². The Balaban J connectivity index is 2.10. The van der Waals surface area contributed by atoms with Crippen molar-refractivity contribution in [1.82, 2.24) is 25.1 Å². The molecule has 0 bridgehead atoms. The summed E-state index contributed by atoms with van der Waals surface area (Å²) in [6.07, 6.45) is 4.53. The van der Waals surface area contributed by atoms with Crippen LogP contribution in [0.25, 0.3) is 5.82 Å². The fourth-order valence-electron chi connectivity index (χ4n) is 1.56. The van der Waals surface area contributed by atoms with Gasteiger partial charge in [-0.05, 0) is 18.6 Å². The van der Waals surface area contributed by atoms with Crippen molar-refractivity contribution < 1.29 is 14.7 Å². The summed E-state index contributed by atoms with van der Waals surface area (Å²) < 4.78 is 1.45. The molecule has 0 fully saturated rings. The van der Waals surface area contributed by atoms with Crippen molar-refractivity contribution in [2.75, 3.05) is 0 Å². The molecule has 0 aliphatic rings. The van der Waals surface area contributed by atoms with Gasteiger partial charge in [0.2, 0.25) is 0 Å². The second-order valence-electron chi connectivity index (χ2n) is 4.02. The van der Waals surface area contributed by atoms with E-state index in [1.807, 2.05) is 0 Å². The van der Waals surface area contributed by atoms with E-state index in [4.69, 9.17) is 5.11 Å². The Morgan fingerprint density at radius 1 is 1.45 bits per heavy atom. The van der Waals surface area contributed by atoms with Crippen molar-refractivity contribution in [2.24, 2.45) is 0 Å². The second kappa shape index (κ2) is 5.91. The SMILES string of the molecule is CC[C@H](NC(=O)c1ccc(-n2cncn2)nc1)C(=O)O.